The summed E-state index contributed by atoms with van der Waals surface area (Å²) in [7, 11) is 1.62. The lowest BCUT2D eigenvalue weighted by molar-refractivity contribution is -0.140. The standard InChI is InChI=1S/C30H36N2O3/c1-22(2)20-31-30(34)28(18-24-10-6-5-7-11-24)32(21-26-12-8-9-23(3)17-26)29(33)19-25-13-15-27(35-4)16-14-25/h5-17,22,28H,18-21H2,1-4H3,(H,31,34)/t28-/m0/s1. The van der Waals surface area contributed by atoms with Crippen molar-refractivity contribution in [1.82, 2.24) is 10.2 Å². The predicted molar refractivity (Wildman–Crippen MR) is 140 cm³/mol. The largest absolute Gasteiger partial charge is 0.497 e. The van der Waals surface area contributed by atoms with E-state index in [1.165, 1.54) is 0 Å². The summed E-state index contributed by atoms with van der Waals surface area (Å²) < 4.78 is 5.25. The average Bonchev–Trinajstić information content (AvgIpc) is 2.85. The van der Waals surface area contributed by atoms with Gasteiger partial charge in [0.25, 0.3) is 0 Å². The van der Waals surface area contributed by atoms with Crippen molar-refractivity contribution in [3.05, 3.63) is 101 Å². The van der Waals surface area contributed by atoms with Crippen molar-refractivity contribution in [2.75, 3.05) is 13.7 Å². The molecule has 35 heavy (non-hydrogen) atoms. The number of amides is 2. The van der Waals surface area contributed by atoms with E-state index in [0.29, 0.717) is 25.4 Å². The SMILES string of the molecule is COc1ccc(CC(=O)N(Cc2cccc(C)c2)[C@@H](Cc2ccccc2)C(=O)NCC(C)C)cc1. The molecule has 1 N–H and O–H groups in total. The van der Waals surface area contributed by atoms with Gasteiger partial charge in [0.15, 0.2) is 0 Å². The third kappa shape index (κ3) is 7.99. The highest BCUT2D eigenvalue weighted by Crippen LogP contribution is 2.18. The predicted octanol–water partition coefficient (Wildman–Crippen LogP) is 4.96. The van der Waals surface area contributed by atoms with Gasteiger partial charge in [0.2, 0.25) is 11.8 Å². The second kappa shape index (κ2) is 12.7. The van der Waals surface area contributed by atoms with Crippen LogP contribution in [0.4, 0.5) is 0 Å². The van der Waals surface area contributed by atoms with Crippen molar-refractivity contribution in [3.63, 3.8) is 0 Å². The number of benzene rings is 3. The van der Waals surface area contributed by atoms with Gasteiger partial charge in [-0.05, 0) is 41.7 Å². The highest BCUT2D eigenvalue weighted by molar-refractivity contribution is 5.88. The van der Waals surface area contributed by atoms with E-state index < -0.39 is 6.04 Å². The number of methoxy groups -OCH3 is 1. The molecule has 2 amide bonds. The summed E-state index contributed by atoms with van der Waals surface area (Å²) in [5.74, 6) is 0.847. The van der Waals surface area contributed by atoms with Crippen LogP contribution in [-0.4, -0.2) is 36.4 Å². The van der Waals surface area contributed by atoms with Crippen LogP contribution >= 0.6 is 0 Å². The summed E-state index contributed by atoms with van der Waals surface area (Å²) in [6.45, 7) is 7.08. The average molecular weight is 473 g/mol. The van der Waals surface area contributed by atoms with E-state index in [9.17, 15) is 9.59 Å². The summed E-state index contributed by atoms with van der Waals surface area (Å²) >= 11 is 0. The van der Waals surface area contributed by atoms with Gasteiger partial charge in [0, 0.05) is 19.5 Å². The lowest BCUT2D eigenvalue weighted by atomic mass is 10.0. The molecule has 3 rings (SSSR count). The molecular formula is C30H36N2O3. The van der Waals surface area contributed by atoms with E-state index in [1.807, 2.05) is 79.7 Å². The third-order valence-corrected chi connectivity index (χ3v) is 5.91. The second-order valence-corrected chi connectivity index (χ2v) is 9.38. The highest BCUT2D eigenvalue weighted by Gasteiger charge is 2.30. The Labute approximate surface area is 209 Å². The lowest BCUT2D eigenvalue weighted by Gasteiger charge is -2.32. The van der Waals surface area contributed by atoms with Gasteiger partial charge in [-0.3, -0.25) is 9.59 Å². The lowest BCUT2D eigenvalue weighted by Crippen LogP contribution is -2.51. The molecule has 5 heteroatoms. The Balaban J connectivity index is 1.94. The van der Waals surface area contributed by atoms with Crippen molar-refractivity contribution < 1.29 is 14.3 Å². The Morgan fingerprint density at radius 1 is 0.886 bits per heavy atom. The molecule has 0 radical (unpaired) electrons. The van der Waals surface area contributed by atoms with Crippen LogP contribution in [0.5, 0.6) is 5.75 Å². The first-order chi connectivity index (χ1) is 16.9. The first-order valence-corrected chi connectivity index (χ1v) is 12.1. The van der Waals surface area contributed by atoms with Crippen LogP contribution in [0.3, 0.4) is 0 Å². The number of aryl methyl sites for hydroxylation is 1. The molecule has 184 valence electrons. The summed E-state index contributed by atoms with van der Waals surface area (Å²) in [5, 5.41) is 3.06. The van der Waals surface area contributed by atoms with Gasteiger partial charge < -0.3 is 15.0 Å². The van der Waals surface area contributed by atoms with E-state index in [1.54, 1.807) is 12.0 Å². The topological polar surface area (TPSA) is 58.6 Å². The maximum atomic E-state index is 13.7. The Morgan fingerprint density at radius 2 is 1.57 bits per heavy atom. The van der Waals surface area contributed by atoms with E-state index >= 15 is 0 Å². The monoisotopic (exact) mass is 472 g/mol. The van der Waals surface area contributed by atoms with Crippen molar-refractivity contribution >= 4 is 11.8 Å². The molecule has 0 spiro atoms. The smallest absolute Gasteiger partial charge is 0.243 e. The summed E-state index contributed by atoms with van der Waals surface area (Å²) in [6.07, 6.45) is 0.656. The quantitative estimate of drug-likeness (QED) is 0.429. The maximum absolute atomic E-state index is 13.7. The fourth-order valence-electron chi connectivity index (χ4n) is 4.00. The van der Waals surface area contributed by atoms with Gasteiger partial charge in [-0.1, -0.05) is 86.1 Å². The minimum absolute atomic E-state index is 0.0858. The van der Waals surface area contributed by atoms with Gasteiger partial charge in [-0.25, -0.2) is 0 Å². The summed E-state index contributed by atoms with van der Waals surface area (Å²) in [5.41, 5.74) is 4.02. The van der Waals surface area contributed by atoms with Crippen molar-refractivity contribution in [1.29, 1.82) is 0 Å². The Kier molecular flexibility index (Phi) is 9.47. The molecule has 0 saturated heterocycles. The fourth-order valence-corrected chi connectivity index (χ4v) is 4.00. The minimum Gasteiger partial charge on any atom is -0.497 e. The summed E-state index contributed by atoms with van der Waals surface area (Å²) in [4.78, 5) is 29.0. The fraction of sp³-hybridized carbons (Fsp3) is 0.333. The van der Waals surface area contributed by atoms with Gasteiger partial charge in [0.05, 0.1) is 13.5 Å². The number of carbonyl (C=O) groups is 2. The summed E-state index contributed by atoms with van der Waals surface area (Å²) in [6, 6.07) is 24.8. The Morgan fingerprint density at radius 3 is 2.20 bits per heavy atom. The van der Waals surface area contributed by atoms with Crippen LogP contribution < -0.4 is 10.1 Å². The van der Waals surface area contributed by atoms with E-state index in [4.69, 9.17) is 4.74 Å². The molecule has 0 aliphatic rings. The maximum Gasteiger partial charge on any atom is 0.243 e. The zero-order valence-electron chi connectivity index (χ0n) is 21.2. The van der Waals surface area contributed by atoms with Gasteiger partial charge in [0.1, 0.15) is 11.8 Å². The normalized spacial score (nSPS) is 11.7. The van der Waals surface area contributed by atoms with Crippen LogP contribution in [-0.2, 0) is 29.0 Å². The molecule has 0 fully saturated rings. The minimum atomic E-state index is -0.623. The molecular weight excluding hydrogens is 436 g/mol. The number of hydrogen-bond acceptors (Lipinski definition) is 3. The molecule has 3 aromatic carbocycles. The van der Waals surface area contributed by atoms with Gasteiger partial charge in [-0.15, -0.1) is 0 Å². The zero-order chi connectivity index (χ0) is 25.2. The van der Waals surface area contributed by atoms with E-state index in [2.05, 4.69) is 25.2 Å². The first-order valence-electron chi connectivity index (χ1n) is 12.1. The van der Waals surface area contributed by atoms with Crippen molar-refractivity contribution in [2.24, 2.45) is 5.92 Å². The number of nitrogens with zero attached hydrogens (tertiary/aromatic N) is 1. The molecule has 0 aliphatic carbocycles. The van der Waals surface area contributed by atoms with Crippen LogP contribution in [0.15, 0.2) is 78.9 Å². The van der Waals surface area contributed by atoms with Gasteiger partial charge in [-0.2, -0.15) is 0 Å². The van der Waals surface area contributed by atoms with Crippen LogP contribution in [0.25, 0.3) is 0 Å². The first kappa shape index (κ1) is 26.0. The van der Waals surface area contributed by atoms with E-state index in [0.717, 1.165) is 28.0 Å². The van der Waals surface area contributed by atoms with Crippen molar-refractivity contribution in [2.45, 2.75) is 46.2 Å². The molecule has 0 saturated carbocycles. The number of carbonyl (C=O) groups excluding carboxylic acids is 2. The molecule has 0 aromatic heterocycles. The highest BCUT2D eigenvalue weighted by atomic mass is 16.5. The Bertz CT molecular complexity index is 1090. The molecule has 0 unspecified atom stereocenters. The molecule has 0 aliphatic heterocycles. The second-order valence-electron chi connectivity index (χ2n) is 9.38. The van der Waals surface area contributed by atoms with Crippen LogP contribution in [0, 0.1) is 12.8 Å². The van der Waals surface area contributed by atoms with E-state index in [-0.39, 0.29) is 18.2 Å². The van der Waals surface area contributed by atoms with Crippen molar-refractivity contribution in [3.8, 4) is 5.75 Å². The molecule has 0 heterocycles. The zero-order valence-corrected chi connectivity index (χ0v) is 21.2. The van der Waals surface area contributed by atoms with Gasteiger partial charge >= 0.3 is 0 Å². The van der Waals surface area contributed by atoms with Crippen LogP contribution in [0.1, 0.15) is 36.1 Å². The molecule has 5 nitrogen and oxygen atoms in total. The van der Waals surface area contributed by atoms with Crippen LogP contribution in [0.2, 0.25) is 0 Å². The molecule has 1 atom stereocenters. The number of nitrogens with one attached hydrogen (secondary N) is 1. The Hall–Kier alpha value is -3.60. The number of hydrogen-bond donors (Lipinski definition) is 1. The third-order valence-electron chi connectivity index (χ3n) is 5.91. The molecule has 3 aromatic rings. The molecule has 0 bridgehead atoms. The number of rotatable bonds is 11. The number of ether oxygens (including phenoxy) is 1.